The maximum atomic E-state index is 11.9. The number of hydrogen-bond donors (Lipinski definition) is 0. The molecule has 0 heterocycles. The summed E-state index contributed by atoms with van der Waals surface area (Å²) in [7, 11) is 11.2. The van der Waals surface area contributed by atoms with Gasteiger partial charge in [0.25, 0.3) is 0 Å². The molecule has 144 valence electrons. The van der Waals surface area contributed by atoms with E-state index in [-0.39, 0.29) is 19.8 Å². The van der Waals surface area contributed by atoms with E-state index in [1.807, 2.05) is 0 Å². The van der Waals surface area contributed by atoms with E-state index in [4.69, 9.17) is 29.9 Å². The van der Waals surface area contributed by atoms with E-state index in [0.717, 1.165) is 0 Å². The van der Waals surface area contributed by atoms with Gasteiger partial charge in [0, 0.05) is 5.31 Å². The summed E-state index contributed by atoms with van der Waals surface area (Å²) >= 11 is 12.0. The lowest BCUT2D eigenvalue weighted by Crippen LogP contribution is -2.41. The molecule has 26 heavy (non-hydrogen) atoms. The molecule has 0 spiro atoms. The van der Waals surface area contributed by atoms with E-state index >= 15 is 0 Å². The van der Waals surface area contributed by atoms with Crippen molar-refractivity contribution in [2.24, 2.45) is 5.41 Å². The van der Waals surface area contributed by atoms with Crippen LogP contribution in [0.5, 0.6) is 0 Å². The molecule has 0 saturated carbocycles. The Kier molecular flexibility index (Phi) is 9.96. The van der Waals surface area contributed by atoms with E-state index in [2.05, 4.69) is 63.7 Å². The molecule has 4 radical (unpaired) electrons. The van der Waals surface area contributed by atoms with Crippen LogP contribution in [0.25, 0.3) is 0 Å². The second-order valence-corrected chi connectivity index (χ2v) is 14.6. The summed E-state index contributed by atoms with van der Waals surface area (Å²) in [6.07, 6.45) is 0. The topological polar surface area (TPSA) is 78.9 Å². The number of esters is 3. The third kappa shape index (κ3) is 10.1. The molecule has 0 aromatic carbocycles. The van der Waals surface area contributed by atoms with E-state index in [1.165, 1.54) is 13.8 Å². The van der Waals surface area contributed by atoms with E-state index in [1.54, 1.807) is 13.8 Å². The maximum absolute atomic E-state index is 11.9. The lowest BCUT2D eigenvalue weighted by Gasteiger charge is -2.31. The van der Waals surface area contributed by atoms with Crippen molar-refractivity contribution in [3.63, 3.8) is 0 Å². The van der Waals surface area contributed by atoms with Crippen molar-refractivity contribution >= 4 is 97.3 Å². The number of halogens is 4. The molecule has 0 amide bonds. The number of carbonyl (C=O) groups is 3. The molecule has 0 N–H and O–H groups in total. The highest BCUT2D eigenvalue weighted by molar-refractivity contribution is 9.26. The van der Waals surface area contributed by atoms with Crippen LogP contribution in [0, 0.1) is 5.41 Å². The van der Waals surface area contributed by atoms with Crippen molar-refractivity contribution in [3.05, 3.63) is 0 Å². The highest BCUT2D eigenvalue weighted by Crippen LogP contribution is 2.30. The lowest BCUT2D eigenvalue weighted by molar-refractivity contribution is -0.161. The number of carbonyl (C=O) groups excluding carboxylic acids is 3. The minimum Gasteiger partial charge on any atom is -0.465 e. The third-order valence-corrected chi connectivity index (χ3v) is 4.11. The highest BCUT2D eigenvalue weighted by Gasteiger charge is 2.37. The molecule has 0 fully saturated rings. The Bertz CT molecular complexity index is 463. The van der Waals surface area contributed by atoms with Gasteiger partial charge in [0.2, 0.25) is 0 Å². The number of ether oxygens (including phenoxy) is 3. The molecular formula is C14H18B2Br4O6. The third-order valence-electron chi connectivity index (χ3n) is 2.81. The molecule has 0 bridgehead atoms. The smallest absolute Gasteiger partial charge is 0.333 e. The molecule has 0 aromatic heterocycles. The molecule has 0 saturated heterocycles. The monoisotopic (exact) mass is 620 g/mol. The Hall–Kier alpha value is 0.460. The van der Waals surface area contributed by atoms with Gasteiger partial charge in [-0.25, -0.2) is 4.79 Å². The van der Waals surface area contributed by atoms with Crippen molar-refractivity contribution in [2.45, 2.75) is 39.4 Å². The second-order valence-electron chi connectivity index (χ2n) is 6.77. The van der Waals surface area contributed by atoms with Crippen molar-refractivity contribution in [3.8, 4) is 0 Å². The highest BCUT2D eigenvalue weighted by atomic mass is 79.9. The largest absolute Gasteiger partial charge is 0.465 e. The molecule has 12 heteroatoms. The zero-order valence-electron chi connectivity index (χ0n) is 14.7. The number of hydrogen-bond acceptors (Lipinski definition) is 6. The summed E-state index contributed by atoms with van der Waals surface area (Å²) in [5, 5.41) is -1.20. The van der Waals surface area contributed by atoms with Crippen molar-refractivity contribution in [1.29, 1.82) is 0 Å². The summed E-state index contributed by atoms with van der Waals surface area (Å²) in [5.41, 5.74) is -1.03. The molecule has 0 rings (SSSR count). The minimum absolute atomic E-state index is 0.188. The first-order valence-electron chi connectivity index (χ1n) is 7.23. The van der Waals surface area contributed by atoms with E-state index in [9.17, 15) is 14.4 Å². The van der Waals surface area contributed by atoms with E-state index in [0.29, 0.717) is 0 Å². The van der Waals surface area contributed by atoms with E-state index < -0.39 is 35.0 Å². The normalized spacial score (nSPS) is 14.9. The molecule has 1 atom stereocenters. The first-order chi connectivity index (χ1) is 11.4. The van der Waals surface area contributed by atoms with Gasteiger partial charge in [-0.2, -0.15) is 0 Å². The van der Waals surface area contributed by atoms with Crippen LogP contribution in [0.15, 0.2) is 0 Å². The Morgan fingerprint density at radius 1 is 0.731 bits per heavy atom. The van der Waals surface area contributed by atoms with Gasteiger partial charge in [-0.15, -0.1) is 0 Å². The van der Waals surface area contributed by atoms with Crippen LogP contribution in [-0.2, 0) is 28.6 Å². The Morgan fingerprint density at radius 2 is 1.08 bits per heavy atom. The SMILES string of the molecule is [B]C(C)(C)C(=O)OCC(C)(COC(=O)C([B])(Br)Br)COC(=O)C(C)(Br)Br. The summed E-state index contributed by atoms with van der Waals surface area (Å²) < 4.78 is 12.9. The molecule has 1 unspecified atom stereocenters. The predicted octanol–water partition coefficient (Wildman–Crippen LogP) is 3.11. The standard InChI is InChI=1S/C14H18B2Br4O6/c1-11(2,15)8(21)24-5-12(3,6-25-9(22)13(4,17)18)7-26-10(23)14(16,19)20/h5-7H2,1-4H3. The molecule has 0 aromatic rings. The summed E-state index contributed by atoms with van der Waals surface area (Å²) in [6.45, 7) is 5.53. The quantitative estimate of drug-likeness (QED) is 0.170. The number of alkyl halides is 4. The molecule has 0 aliphatic carbocycles. The molecule has 0 aliphatic heterocycles. The van der Waals surface area contributed by atoms with Crippen LogP contribution >= 0.6 is 63.7 Å². The van der Waals surface area contributed by atoms with Crippen LogP contribution in [0.4, 0.5) is 0 Å². The first-order valence-corrected chi connectivity index (χ1v) is 10.4. The van der Waals surface area contributed by atoms with Gasteiger partial charge in [0.05, 0.1) is 13.3 Å². The van der Waals surface area contributed by atoms with Gasteiger partial charge < -0.3 is 14.2 Å². The van der Waals surface area contributed by atoms with Crippen molar-refractivity contribution < 1.29 is 28.6 Å². The van der Waals surface area contributed by atoms with Crippen LogP contribution in [0.3, 0.4) is 0 Å². The summed E-state index contributed by atoms with van der Waals surface area (Å²) in [5.74, 6) is -2.05. The number of rotatable bonds is 9. The molecular weight excluding hydrogens is 605 g/mol. The van der Waals surface area contributed by atoms with Crippen LogP contribution in [-0.4, -0.2) is 59.8 Å². The Labute approximate surface area is 189 Å². The van der Waals surface area contributed by atoms with Crippen molar-refractivity contribution in [2.75, 3.05) is 19.8 Å². The van der Waals surface area contributed by atoms with Gasteiger partial charge in [0.15, 0.2) is 3.23 Å². The van der Waals surface area contributed by atoms with Crippen molar-refractivity contribution in [1.82, 2.24) is 0 Å². The zero-order valence-corrected chi connectivity index (χ0v) is 21.1. The fourth-order valence-corrected chi connectivity index (χ4v) is 1.71. The van der Waals surface area contributed by atoms with Crippen LogP contribution < -0.4 is 0 Å². The lowest BCUT2D eigenvalue weighted by atomic mass is 9.73. The fourth-order valence-electron chi connectivity index (χ4n) is 1.25. The van der Waals surface area contributed by atoms with Gasteiger partial charge in [-0.1, -0.05) is 77.6 Å². The minimum atomic E-state index is -1.56. The van der Waals surface area contributed by atoms with Crippen LogP contribution in [0.2, 0.25) is 5.31 Å². The Balaban J connectivity index is 5.10. The van der Waals surface area contributed by atoms with Gasteiger partial charge in [-0.05, 0) is 13.8 Å². The maximum Gasteiger partial charge on any atom is 0.333 e. The zero-order chi connectivity index (χ0) is 21.0. The summed E-state index contributed by atoms with van der Waals surface area (Å²) in [4.78, 5) is 35.6. The van der Waals surface area contributed by atoms with Gasteiger partial charge in [-0.3, -0.25) is 9.59 Å². The average molecular weight is 624 g/mol. The predicted molar refractivity (Wildman–Crippen MR) is 113 cm³/mol. The molecule has 0 aliphatic rings. The second kappa shape index (κ2) is 9.78. The van der Waals surface area contributed by atoms with Gasteiger partial charge >= 0.3 is 17.9 Å². The Morgan fingerprint density at radius 3 is 1.38 bits per heavy atom. The molecule has 6 nitrogen and oxygen atoms in total. The van der Waals surface area contributed by atoms with Gasteiger partial charge in [0.1, 0.15) is 30.8 Å². The fraction of sp³-hybridized carbons (Fsp3) is 0.786. The van der Waals surface area contributed by atoms with Crippen LogP contribution in [0.1, 0.15) is 27.7 Å². The summed E-state index contributed by atoms with van der Waals surface area (Å²) in [6, 6.07) is 0. The average Bonchev–Trinajstić information content (AvgIpc) is 2.45. The first kappa shape index (κ1) is 26.5.